The standard InChI is InChI=1S/C23H29NO4/c1-17-7-4-8-19(15-17)28-14-6-10-23(25)24-13-5-9-20(24)18-11-12-21(26-2)22(16-18)27-3/h4,7-8,11-12,15-16,20H,5-6,9-10,13-14H2,1-3H3. The summed E-state index contributed by atoms with van der Waals surface area (Å²) in [6, 6.07) is 14.0. The van der Waals surface area contributed by atoms with Crippen LogP contribution >= 0.6 is 0 Å². The number of likely N-dealkylation sites (tertiary alicyclic amines) is 1. The van der Waals surface area contributed by atoms with E-state index in [4.69, 9.17) is 14.2 Å². The molecule has 150 valence electrons. The first kappa shape index (κ1) is 20.1. The Morgan fingerprint density at radius 2 is 1.93 bits per heavy atom. The molecule has 1 heterocycles. The monoisotopic (exact) mass is 383 g/mol. The lowest BCUT2D eigenvalue weighted by Gasteiger charge is -2.26. The maximum absolute atomic E-state index is 12.8. The van der Waals surface area contributed by atoms with Crippen LogP contribution in [0, 0.1) is 6.92 Å². The first-order valence-corrected chi connectivity index (χ1v) is 9.83. The highest BCUT2D eigenvalue weighted by molar-refractivity contribution is 5.77. The van der Waals surface area contributed by atoms with Crippen molar-refractivity contribution >= 4 is 5.91 Å². The fourth-order valence-electron chi connectivity index (χ4n) is 3.73. The lowest BCUT2D eigenvalue weighted by Crippen LogP contribution is -2.30. The van der Waals surface area contributed by atoms with Crippen LogP contribution in [-0.4, -0.2) is 38.2 Å². The first-order valence-electron chi connectivity index (χ1n) is 9.83. The number of rotatable bonds is 8. The molecule has 2 aromatic rings. The molecule has 5 nitrogen and oxygen atoms in total. The summed E-state index contributed by atoms with van der Waals surface area (Å²) in [4.78, 5) is 14.8. The van der Waals surface area contributed by atoms with Crippen LogP contribution in [0.2, 0.25) is 0 Å². The van der Waals surface area contributed by atoms with Crippen molar-refractivity contribution < 1.29 is 19.0 Å². The van der Waals surface area contributed by atoms with Crippen LogP contribution in [0.15, 0.2) is 42.5 Å². The van der Waals surface area contributed by atoms with Crippen LogP contribution in [0.4, 0.5) is 0 Å². The molecule has 1 atom stereocenters. The summed E-state index contributed by atoms with van der Waals surface area (Å²) in [5.41, 5.74) is 2.27. The number of nitrogens with zero attached hydrogens (tertiary/aromatic N) is 1. The second-order valence-electron chi connectivity index (χ2n) is 7.13. The molecular weight excluding hydrogens is 354 g/mol. The molecule has 1 aliphatic rings. The van der Waals surface area contributed by atoms with Gasteiger partial charge in [0, 0.05) is 13.0 Å². The molecule has 28 heavy (non-hydrogen) atoms. The summed E-state index contributed by atoms with van der Waals surface area (Å²) < 4.78 is 16.5. The Morgan fingerprint density at radius 1 is 1.11 bits per heavy atom. The van der Waals surface area contributed by atoms with Gasteiger partial charge in [0.2, 0.25) is 5.91 Å². The summed E-state index contributed by atoms with van der Waals surface area (Å²) in [7, 11) is 3.26. The number of carbonyl (C=O) groups is 1. The number of benzene rings is 2. The van der Waals surface area contributed by atoms with E-state index in [-0.39, 0.29) is 11.9 Å². The highest BCUT2D eigenvalue weighted by atomic mass is 16.5. The third-order valence-corrected chi connectivity index (χ3v) is 5.16. The van der Waals surface area contributed by atoms with Gasteiger partial charge in [0.15, 0.2) is 11.5 Å². The van der Waals surface area contributed by atoms with E-state index in [1.165, 1.54) is 5.56 Å². The highest BCUT2D eigenvalue weighted by Gasteiger charge is 2.30. The van der Waals surface area contributed by atoms with Crippen molar-refractivity contribution in [3.05, 3.63) is 53.6 Å². The molecular formula is C23H29NO4. The van der Waals surface area contributed by atoms with E-state index in [9.17, 15) is 4.79 Å². The van der Waals surface area contributed by atoms with E-state index in [1.54, 1.807) is 14.2 Å². The number of hydrogen-bond acceptors (Lipinski definition) is 4. The molecule has 0 spiro atoms. The van der Waals surface area contributed by atoms with Crippen LogP contribution < -0.4 is 14.2 Å². The van der Waals surface area contributed by atoms with Crippen LogP contribution in [0.3, 0.4) is 0 Å². The fraction of sp³-hybridized carbons (Fsp3) is 0.435. The Hall–Kier alpha value is -2.69. The Kier molecular flexibility index (Phi) is 6.80. The summed E-state index contributed by atoms with van der Waals surface area (Å²) in [5.74, 6) is 2.45. The topological polar surface area (TPSA) is 48.0 Å². The molecule has 1 amide bonds. The van der Waals surface area contributed by atoms with E-state index in [0.717, 1.165) is 30.7 Å². The lowest BCUT2D eigenvalue weighted by atomic mass is 10.0. The summed E-state index contributed by atoms with van der Waals surface area (Å²) in [6.07, 6.45) is 3.20. The highest BCUT2D eigenvalue weighted by Crippen LogP contribution is 2.37. The molecule has 3 rings (SSSR count). The third-order valence-electron chi connectivity index (χ3n) is 5.16. The second-order valence-corrected chi connectivity index (χ2v) is 7.13. The first-order chi connectivity index (χ1) is 13.6. The van der Waals surface area contributed by atoms with E-state index < -0.39 is 0 Å². The molecule has 0 N–H and O–H groups in total. The van der Waals surface area contributed by atoms with Gasteiger partial charge in [0.1, 0.15) is 5.75 Å². The molecule has 1 saturated heterocycles. The zero-order valence-corrected chi connectivity index (χ0v) is 16.9. The molecule has 1 aliphatic heterocycles. The zero-order chi connectivity index (χ0) is 19.9. The summed E-state index contributed by atoms with van der Waals surface area (Å²) in [6.45, 7) is 3.39. The second kappa shape index (κ2) is 9.49. The van der Waals surface area contributed by atoms with Crippen LogP contribution in [0.25, 0.3) is 0 Å². The predicted octanol–water partition coefficient (Wildman–Crippen LogP) is 4.53. The maximum atomic E-state index is 12.8. The Bertz CT molecular complexity index is 805. The van der Waals surface area contributed by atoms with E-state index in [1.807, 2.05) is 54.3 Å². The van der Waals surface area contributed by atoms with E-state index in [0.29, 0.717) is 30.9 Å². The number of methoxy groups -OCH3 is 2. The van der Waals surface area contributed by atoms with Crippen LogP contribution in [-0.2, 0) is 4.79 Å². The summed E-state index contributed by atoms with van der Waals surface area (Å²) in [5, 5.41) is 0. The van der Waals surface area contributed by atoms with Crippen molar-refractivity contribution in [3.63, 3.8) is 0 Å². The van der Waals surface area contributed by atoms with Crippen molar-refractivity contribution in [1.82, 2.24) is 4.90 Å². The minimum Gasteiger partial charge on any atom is -0.494 e. The Morgan fingerprint density at radius 3 is 2.68 bits per heavy atom. The summed E-state index contributed by atoms with van der Waals surface area (Å²) >= 11 is 0. The van der Waals surface area contributed by atoms with Gasteiger partial charge in [-0.05, 0) is 61.6 Å². The predicted molar refractivity (Wildman–Crippen MR) is 109 cm³/mol. The average Bonchev–Trinajstić information content (AvgIpc) is 3.20. The number of aryl methyl sites for hydroxylation is 1. The fourth-order valence-corrected chi connectivity index (χ4v) is 3.73. The van der Waals surface area contributed by atoms with Gasteiger partial charge < -0.3 is 19.1 Å². The van der Waals surface area contributed by atoms with Crippen molar-refractivity contribution in [1.29, 1.82) is 0 Å². The molecule has 0 aromatic heterocycles. The maximum Gasteiger partial charge on any atom is 0.223 e. The normalized spacial score (nSPS) is 16.1. The Balaban J connectivity index is 1.55. The van der Waals surface area contributed by atoms with Gasteiger partial charge in [-0.2, -0.15) is 0 Å². The Labute approximate surface area is 167 Å². The van der Waals surface area contributed by atoms with Crippen LogP contribution in [0.5, 0.6) is 17.2 Å². The molecule has 1 fully saturated rings. The van der Waals surface area contributed by atoms with Gasteiger partial charge in [-0.3, -0.25) is 4.79 Å². The average molecular weight is 383 g/mol. The van der Waals surface area contributed by atoms with Gasteiger partial charge in [0.05, 0.1) is 26.9 Å². The van der Waals surface area contributed by atoms with Crippen molar-refractivity contribution in [2.24, 2.45) is 0 Å². The van der Waals surface area contributed by atoms with Gasteiger partial charge in [-0.25, -0.2) is 0 Å². The smallest absolute Gasteiger partial charge is 0.223 e. The van der Waals surface area contributed by atoms with Crippen molar-refractivity contribution in [2.75, 3.05) is 27.4 Å². The number of carbonyl (C=O) groups excluding carboxylic acids is 1. The van der Waals surface area contributed by atoms with Gasteiger partial charge in [-0.15, -0.1) is 0 Å². The molecule has 2 aromatic carbocycles. The van der Waals surface area contributed by atoms with E-state index >= 15 is 0 Å². The SMILES string of the molecule is COc1ccc(C2CCCN2C(=O)CCCOc2cccc(C)c2)cc1OC. The molecule has 1 unspecified atom stereocenters. The van der Waals surface area contributed by atoms with Crippen molar-refractivity contribution in [3.8, 4) is 17.2 Å². The minimum atomic E-state index is 0.102. The number of ether oxygens (including phenoxy) is 3. The largest absolute Gasteiger partial charge is 0.494 e. The molecule has 0 radical (unpaired) electrons. The number of amides is 1. The van der Waals surface area contributed by atoms with Gasteiger partial charge in [-0.1, -0.05) is 18.2 Å². The minimum absolute atomic E-state index is 0.102. The third kappa shape index (κ3) is 4.77. The lowest BCUT2D eigenvalue weighted by molar-refractivity contribution is -0.132. The molecule has 5 heteroatoms. The molecule has 0 saturated carbocycles. The van der Waals surface area contributed by atoms with Gasteiger partial charge >= 0.3 is 0 Å². The van der Waals surface area contributed by atoms with Crippen LogP contribution in [0.1, 0.15) is 42.9 Å². The zero-order valence-electron chi connectivity index (χ0n) is 16.9. The van der Waals surface area contributed by atoms with Gasteiger partial charge in [0.25, 0.3) is 0 Å². The van der Waals surface area contributed by atoms with E-state index in [2.05, 4.69) is 0 Å². The molecule has 0 aliphatic carbocycles. The van der Waals surface area contributed by atoms with Crippen molar-refractivity contribution in [2.45, 2.75) is 38.6 Å². The molecule has 0 bridgehead atoms. The quantitative estimate of drug-likeness (QED) is 0.628. The number of hydrogen-bond donors (Lipinski definition) is 0.